The van der Waals surface area contributed by atoms with Crippen LogP contribution in [0, 0.1) is 17.0 Å². The van der Waals surface area contributed by atoms with Gasteiger partial charge in [-0.15, -0.1) is 0 Å². The average molecular weight is 385 g/mol. The van der Waals surface area contributed by atoms with Gasteiger partial charge in [0.25, 0.3) is 11.6 Å². The Morgan fingerprint density at radius 2 is 2.07 bits per heavy atom. The first-order valence-corrected chi connectivity index (χ1v) is 8.51. The van der Waals surface area contributed by atoms with Crippen molar-refractivity contribution in [3.05, 3.63) is 52.1 Å². The standard InChI is InChI=1S/C19H19N3O6/c1-11-4-7-17-16(8-11)21(19(24)12(2)28-17)10-18(23)20-14-6-5-13(27-3)9-15(14)22(25)26/h4-9,12H,10H2,1-3H3,(H,20,23). The second-order valence-electron chi connectivity index (χ2n) is 6.34. The van der Waals surface area contributed by atoms with Crippen molar-refractivity contribution >= 4 is 28.9 Å². The van der Waals surface area contributed by atoms with Gasteiger partial charge < -0.3 is 14.8 Å². The van der Waals surface area contributed by atoms with Crippen LogP contribution in [-0.4, -0.2) is 36.5 Å². The Morgan fingerprint density at radius 3 is 2.75 bits per heavy atom. The fourth-order valence-corrected chi connectivity index (χ4v) is 2.91. The van der Waals surface area contributed by atoms with Crippen molar-refractivity contribution in [2.24, 2.45) is 0 Å². The Labute approximate surface area is 161 Å². The minimum absolute atomic E-state index is 0.0222. The number of methoxy groups -OCH3 is 1. The van der Waals surface area contributed by atoms with Gasteiger partial charge in [-0.2, -0.15) is 0 Å². The van der Waals surface area contributed by atoms with Gasteiger partial charge in [0.15, 0.2) is 6.10 Å². The molecule has 28 heavy (non-hydrogen) atoms. The summed E-state index contributed by atoms with van der Waals surface area (Å²) >= 11 is 0. The summed E-state index contributed by atoms with van der Waals surface area (Å²) in [5.74, 6) is -0.132. The summed E-state index contributed by atoms with van der Waals surface area (Å²) in [6, 6.07) is 9.45. The number of ether oxygens (including phenoxy) is 2. The molecule has 2 aromatic rings. The predicted molar refractivity (Wildman–Crippen MR) is 102 cm³/mol. The summed E-state index contributed by atoms with van der Waals surface area (Å²) in [5.41, 5.74) is 1.11. The SMILES string of the molecule is COc1ccc(NC(=O)CN2C(=O)C(C)Oc3ccc(C)cc32)c([N+](=O)[O-])c1. The maximum Gasteiger partial charge on any atom is 0.296 e. The highest BCUT2D eigenvalue weighted by Crippen LogP contribution is 2.35. The quantitative estimate of drug-likeness (QED) is 0.626. The number of benzene rings is 2. The second-order valence-corrected chi connectivity index (χ2v) is 6.34. The third kappa shape index (κ3) is 3.73. The lowest BCUT2D eigenvalue weighted by Gasteiger charge is -2.32. The fraction of sp³-hybridized carbons (Fsp3) is 0.263. The number of carbonyl (C=O) groups is 2. The number of nitro groups is 1. The molecule has 1 heterocycles. The van der Waals surface area contributed by atoms with E-state index >= 15 is 0 Å². The van der Waals surface area contributed by atoms with Gasteiger partial charge in [0.2, 0.25) is 5.91 Å². The number of anilines is 2. The lowest BCUT2D eigenvalue weighted by atomic mass is 10.1. The van der Waals surface area contributed by atoms with E-state index < -0.39 is 16.9 Å². The molecule has 2 aromatic carbocycles. The first-order chi connectivity index (χ1) is 13.3. The number of nitro benzene ring substituents is 1. The van der Waals surface area contributed by atoms with Crippen LogP contribution in [0.4, 0.5) is 17.1 Å². The molecule has 0 aliphatic carbocycles. The van der Waals surface area contributed by atoms with Crippen molar-refractivity contribution in [3.8, 4) is 11.5 Å². The van der Waals surface area contributed by atoms with Crippen LogP contribution in [0.15, 0.2) is 36.4 Å². The summed E-state index contributed by atoms with van der Waals surface area (Å²) in [4.78, 5) is 37.1. The smallest absolute Gasteiger partial charge is 0.296 e. The molecule has 0 saturated heterocycles. The minimum atomic E-state index is -0.738. The summed E-state index contributed by atoms with van der Waals surface area (Å²) in [6.07, 6.45) is -0.738. The van der Waals surface area contributed by atoms with Crippen LogP contribution in [-0.2, 0) is 9.59 Å². The number of amides is 2. The largest absolute Gasteiger partial charge is 0.496 e. The molecule has 9 heteroatoms. The molecule has 1 N–H and O–H groups in total. The Kier molecular flexibility index (Phi) is 5.16. The van der Waals surface area contributed by atoms with Gasteiger partial charge in [0.05, 0.1) is 23.8 Å². The van der Waals surface area contributed by atoms with Gasteiger partial charge in [-0.3, -0.25) is 24.6 Å². The normalized spacial score (nSPS) is 15.5. The van der Waals surface area contributed by atoms with Crippen LogP contribution >= 0.6 is 0 Å². The second kappa shape index (κ2) is 7.55. The van der Waals surface area contributed by atoms with Gasteiger partial charge in [-0.1, -0.05) is 6.07 Å². The molecule has 1 atom stereocenters. The molecule has 3 rings (SSSR count). The van der Waals surface area contributed by atoms with Gasteiger partial charge in [-0.25, -0.2) is 0 Å². The molecule has 0 saturated carbocycles. The Hall–Kier alpha value is -3.62. The summed E-state index contributed by atoms with van der Waals surface area (Å²) in [7, 11) is 1.39. The maximum absolute atomic E-state index is 12.6. The minimum Gasteiger partial charge on any atom is -0.496 e. The Balaban J connectivity index is 1.85. The first-order valence-electron chi connectivity index (χ1n) is 8.51. The lowest BCUT2D eigenvalue weighted by Crippen LogP contribution is -2.47. The van der Waals surface area contributed by atoms with E-state index in [0.29, 0.717) is 17.2 Å². The molecule has 2 amide bonds. The van der Waals surface area contributed by atoms with E-state index in [1.165, 1.54) is 30.2 Å². The molecular weight excluding hydrogens is 366 g/mol. The number of fused-ring (bicyclic) bond motifs is 1. The van der Waals surface area contributed by atoms with Crippen molar-refractivity contribution in [2.75, 3.05) is 23.9 Å². The topological polar surface area (TPSA) is 111 Å². The van der Waals surface area contributed by atoms with Crippen molar-refractivity contribution in [3.63, 3.8) is 0 Å². The number of hydrogen-bond donors (Lipinski definition) is 1. The molecule has 0 bridgehead atoms. The van der Waals surface area contributed by atoms with Crippen molar-refractivity contribution in [1.82, 2.24) is 0 Å². The maximum atomic E-state index is 12.6. The van der Waals surface area contributed by atoms with Crippen LogP contribution in [0.5, 0.6) is 11.5 Å². The first kappa shape index (κ1) is 19.2. The van der Waals surface area contributed by atoms with Gasteiger partial charge in [0, 0.05) is 0 Å². The molecule has 1 unspecified atom stereocenters. The highest BCUT2D eigenvalue weighted by atomic mass is 16.6. The summed E-state index contributed by atoms with van der Waals surface area (Å²) < 4.78 is 10.6. The van der Waals surface area contributed by atoms with Crippen molar-refractivity contribution in [2.45, 2.75) is 20.0 Å². The van der Waals surface area contributed by atoms with E-state index in [9.17, 15) is 19.7 Å². The number of nitrogens with zero attached hydrogens (tertiary/aromatic N) is 2. The van der Waals surface area contributed by atoms with Gasteiger partial charge >= 0.3 is 0 Å². The lowest BCUT2D eigenvalue weighted by molar-refractivity contribution is -0.384. The Morgan fingerprint density at radius 1 is 1.32 bits per heavy atom. The highest BCUT2D eigenvalue weighted by Gasteiger charge is 2.33. The van der Waals surface area contributed by atoms with Crippen LogP contribution in [0.2, 0.25) is 0 Å². The molecule has 0 aromatic heterocycles. The molecule has 146 valence electrons. The zero-order valence-electron chi connectivity index (χ0n) is 15.6. The average Bonchev–Trinajstić information content (AvgIpc) is 2.66. The molecule has 1 aliphatic heterocycles. The number of nitrogens with one attached hydrogen (secondary N) is 1. The van der Waals surface area contributed by atoms with Crippen LogP contribution in [0.1, 0.15) is 12.5 Å². The van der Waals surface area contributed by atoms with E-state index in [0.717, 1.165) is 5.56 Å². The highest BCUT2D eigenvalue weighted by molar-refractivity contribution is 6.06. The third-order valence-electron chi connectivity index (χ3n) is 4.30. The molecule has 0 fully saturated rings. The number of rotatable bonds is 5. The van der Waals surface area contributed by atoms with Gasteiger partial charge in [-0.05, 0) is 43.7 Å². The van der Waals surface area contributed by atoms with Gasteiger partial charge in [0.1, 0.15) is 23.7 Å². The summed E-state index contributed by atoms with van der Waals surface area (Å²) in [6.45, 7) is 3.16. The van der Waals surface area contributed by atoms with Crippen LogP contribution in [0.25, 0.3) is 0 Å². The zero-order valence-corrected chi connectivity index (χ0v) is 15.6. The molecule has 0 radical (unpaired) electrons. The monoisotopic (exact) mass is 385 g/mol. The van der Waals surface area contributed by atoms with E-state index in [4.69, 9.17) is 9.47 Å². The van der Waals surface area contributed by atoms with Crippen LogP contribution in [0.3, 0.4) is 0 Å². The van der Waals surface area contributed by atoms with E-state index in [2.05, 4.69) is 5.32 Å². The Bertz CT molecular complexity index is 959. The number of hydrogen-bond acceptors (Lipinski definition) is 6. The van der Waals surface area contributed by atoms with E-state index in [-0.39, 0.29) is 23.8 Å². The van der Waals surface area contributed by atoms with Crippen molar-refractivity contribution < 1.29 is 24.0 Å². The molecule has 0 spiro atoms. The number of carbonyl (C=O) groups excluding carboxylic acids is 2. The predicted octanol–water partition coefficient (Wildman–Crippen LogP) is 2.66. The van der Waals surface area contributed by atoms with E-state index in [1.54, 1.807) is 19.1 Å². The third-order valence-corrected chi connectivity index (χ3v) is 4.30. The molecule has 9 nitrogen and oxygen atoms in total. The van der Waals surface area contributed by atoms with Crippen LogP contribution < -0.4 is 19.7 Å². The summed E-state index contributed by atoms with van der Waals surface area (Å²) in [5, 5.41) is 13.8. The van der Waals surface area contributed by atoms with Crippen molar-refractivity contribution in [1.29, 1.82) is 0 Å². The van der Waals surface area contributed by atoms with E-state index in [1.807, 2.05) is 13.0 Å². The zero-order chi connectivity index (χ0) is 20.4. The molecular formula is C19H19N3O6. The number of aryl methyl sites for hydroxylation is 1. The molecule has 1 aliphatic rings. The fourth-order valence-electron chi connectivity index (χ4n) is 2.91.